The van der Waals surface area contributed by atoms with Crippen molar-refractivity contribution in [3.8, 4) is 0 Å². The van der Waals surface area contributed by atoms with Gasteiger partial charge in [0.25, 0.3) is 0 Å². The van der Waals surface area contributed by atoms with Gasteiger partial charge in [-0.15, -0.1) is 0 Å². The Balaban J connectivity index is 0. The highest BCUT2D eigenvalue weighted by atomic mass is 16.6. The smallest absolute Gasteiger partial charge is 0.404 e. The predicted octanol–water partition coefficient (Wildman–Crippen LogP) is 2.93. The van der Waals surface area contributed by atoms with Crippen molar-refractivity contribution in [2.75, 3.05) is 0 Å². The molecule has 80 valence electrons. The quantitative estimate of drug-likeness (QED) is 0.739. The Morgan fingerprint density at radius 2 is 1.69 bits per heavy atom. The molecule has 0 aromatic heterocycles. The molecule has 13 heavy (non-hydrogen) atoms. The zero-order chi connectivity index (χ0) is 10.9. The van der Waals surface area contributed by atoms with Crippen LogP contribution in [0.4, 0.5) is 4.79 Å². The molecule has 0 saturated carbocycles. The molecule has 3 heteroatoms. The first kappa shape index (κ1) is 14.8. The van der Waals surface area contributed by atoms with Crippen LogP contribution in [-0.4, -0.2) is 12.2 Å². The van der Waals surface area contributed by atoms with Crippen LogP contribution in [0.3, 0.4) is 0 Å². The van der Waals surface area contributed by atoms with Gasteiger partial charge in [0.1, 0.15) is 6.10 Å². The average molecular weight is 189 g/mol. The fourth-order valence-corrected chi connectivity index (χ4v) is 0.825. The van der Waals surface area contributed by atoms with E-state index in [9.17, 15) is 4.79 Å². The molecule has 0 spiro atoms. The van der Waals surface area contributed by atoms with Crippen molar-refractivity contribution in [3.63, 3.8) is 0 Å². The number of hydrogen-bond acceptors (Lipinski definition) is 2. The normalized spacial score (nSPS) is 11.5. The molecule has 0 aromatic carbocycles. The first-order chi connectivity index (χ1) is 6.02. The van der Waals surface area contributed by atoms with E-state index in [1.807, 2.05) is 20.8 Å². The van der Waals surface area contributed by atoms with Crippen molar-refractivity contribution in [2.24, 2.45) is 11.7 Å². The molecule has 0 saturated heterocycles. The molecule has 0 bridgehead atoms. The molecule has 0 aliphatic heterocycles. The second kappa shape index (κ2) is 9.36. The van der Waals surface area contributed by atoms with Crippen LogP contribution >= 0.6 is 0 Å². The maximum Gasteiger partial charge on any atom is 0.404 e. The highest BCUT2D eigenvalue weighted by molar-refractivity contribution is 5.64. The Morgan fingerprint density at radius 1 is 1.23 bits per heavy atom. The summed E-state index contributed by atoms with van der Waals surface area (Å²) in [4.78, 5) is 10.3. The molecule has 1 atom stereocenters. The fourth-order valence-electron chi connectivity index (χ4n) is 0.825. The van der Waals surface area contributed by atoms with Crippen molar-refractivity contribution in [1.29, 1.82) is 0 Å². The standard InChI is InChI=1S/C8H17NO2.C2H6/c1-6(2)4-5-7(3)11-8(9)10;1-2/h6-7H,4-5H2,1-3H3,(H2,9,10);1-2H3. The van der Waals surface area contributed by atoms with Gasteiger partial charge in [0.15, 0.2) is 0 Å². The molecule has 0 radical (unpaired) electrons. The third-order valence-corrected chi connectivity index (χ3v) is 1.47. The molecule has 0 aliphatic carbocycles. The molecule has 0 heterocycles. The Kier molecular flexibility index (Phi) is 10.6. The van der Waals surface area contributed by atoms with Gasteiger partial charge >= 0.3 is 6.09 Å². The topological polar surface area (TPSA) is 52.3 Å². The van der Waals surface area contributed by atoms with Gasteiger partial charge in [0, 0.05) is 0 Å². The van der Waals surface area contributed by atoms with Crippen LogP contribution in [0, 0.1) is 5.92 Å². The average Bonchev–Trinajstić information content (AvgIpc) is 2.03. The highest BCUT2D eigenvalue weighted by Gasteiger charge is 2.06. The molecule has 1 unspecified atom stereocenters. The van der Waals surface area contributed by atoms with Crippen molar-refractivity contribution in [2.45, 2.75) is 53.6 Å². The largest absolute Gasteiger partial charge is 0.447 e. The second-order valence-electron chi connectivity index (χ2n) is 3.22. The predicted molar refractivity (Wildman–Crippen MR) is 55.6 cm³/mol. The minimum Gasteiger partial charge on any atom is -0.447 e. The van der Waals surface area contributed by atoms with Gasteiger partial charge in [-0.25, -0.2) is 4.79 Å². The minimum atomic E-state index is -0.679. The van der Waals surface area contributed by atoms with Crippen molar-refractivity contribution < 1.29 is 9.53 Å². The lowest BCUT2D eigenvalue weighted by Gasteiger charge is -2.11. The van der Waals surface area contributed by atoms with Crippen LogP contribution < -0.4 is 5.73 Å². The maximum absolute atomic E-state index is 10.3. The minimum absolute atomic E-state index is 0.0464. The van der Waals surface area contributed by atoms with Crippen LogP contribution in [-0.2, 0) is 4.74 Å². The molecule has 2 N–H and O–H groups in total. The first-order valence-corrected chi connectivity index (χ1v) is 4.98. The van der Waals surface area contributed by atoms with Crippen LogP contribution in [0.25, 0.3) is 0 Å². The van der Waals surface area contributed by atoms with E-state index in [1.54, 1.807) is 0 Å². The Labute approximate surface area is 81.6 Å². The van der Waals surface area contributed by atoms with Crippen LogP contribution in [0.5, 0.6) is 0 Å². The number of hydrogen-bond donors (Lipinski definition) is 1. The Morgan fingerprint density at radius 3 is 2.00 bits per heavy atom. The van der Waals surface area contributed by atoms with Gasteiger partial charge in [-0.2, -0.15) is 0 Å². The molecular weight excluding hydrogens is 166 g/mol. The van der Waals surface area contributed by atoms with Crippen LogP contribution in [0.2, 0.25) is 0 Å². The lowest BCUT2D eigenvalue weighted by atomic mass is 10.1. The van der Waals surface area contributed by atoms with Crippen molar-refractivity contribution >= 4 is 6.09 Å². The molecule has 1 amide bonds. The monoisotopic (exact) mass is 189 g/mol. The van der Waals surface area contributed by atoms with E-state index >= 15 is 0 Å². The van der Waals surface area contributed by atoms with E-state index < -0.39 is 6.09 Å². The number of carbonyl (C=O) groups excluding carboxylic acids is 1. The summed E-state index contributed by atoms with van der Waals surface area (Å²) in [6.45, 7) is 10.1. The molecule has 0 aromatic rings. The Hall–Kier alpha value is -0.730. The number of ether oxygens (including phenoxy) is 1. The van der Waals surface area contributed by atoms with E-state index in [0.29, 0.717) is 5.92 Å². The van der Waals surface area contributed by atoms with Gasteiger partial charge in [-0.05, 0) is 25.7 Å². The lowest BCUT2D eigenvalue weighted by Crippen LogP contribution is -2.20. The number of amides is 1. The number of carbonyl (C=O) groups is 1. The van der Waals surface area contributed by atoms with Crippen LogP contribution in [0.15, 0.2) is 0 Å². The number of primary amides is 1. The molecule has 3 nitrogen and oxygen atoms in total. The zero-order valence-corrected chi connectivity index (χ0v) is 9.46. The van der Waals surface area contributed by atoms with Gasteiger partial charge in [-0.1, -0.05) is 27.7 Å². The van der Waals surface area contributed by atoms with E-state index in [4.69, 9.17) is 10.5 Å². The summed E-state index contributed by atoms with van der Waals surface area (Å²) in [6.07, 6.45) is 1.23. The highest BCUT2D eigenvalue weighted by Crippen LogP contribution is 2.08. The molecule has 0 rings (SSSR count). The zero-order valence-electron chi connectivity index (χ0n) is 9.46. The van der Waals surface area contributed by atoms with Gasteiger partial charge in [0.2, 0.25) is 0 Å². The summed E-state index contributed by atoms with van der Waals surface area (Å²) in [7, 11) is 0. The fraction of sp³-hybridized carbons (Fsp3) is 0.900. The summed E-state index contributed by atoms with van der Waals surface area (Å²) in [6, 6.07) is 0. The Bertz CT molecular complexity index is 124. The third kappa shape index (κ3) is 14.2. The van der Waals surface area contributed by atoms with Gasteiger partial charge in [-0.3, -0.25) is 0 Å². The van der Waals surface area contributed by atoms with Gasteiger partial charge < -0.3 is 10.5 Å². The SMILES string of the molecule is CC.CC(C)CCC(C)OC(N)=O. The lowest BCUT2D eigenvalue weighted by molar-refractivity contribution is 0.108. The summed E-state index contributed by atoms with van der Waals surface area (Å²) in [5.41, 5.74) is 4.84. The summed E-state index contributed by atoms with van der Waals surface area (Å²) >= 11 is 0. The second-order valence-corrected chi connectivity index (χ2v) is 3.22. The molecule has 0 aliphatic rings. The first-order valence-electron chi connectivity index (χ1n) is 4.98. The van der Waals surface area contributed by atoms with E-state index in [1.165, 1.54) is 0 Å². The van der Waals surface area contributed by atoms with E-state index in [2.05, 4.69) is 13.8 Å². The maximum atomic E-state index is 10.3. The number of rotatable bonds is 4. The van der Waals surface area contributed by atoms with Gasteiger partial charge in [0.05, 0.1) is 0 Å². The molecule has 0 fully saturated rings. The van der Waals surface area contributed by atoms with E-state index in [0.717, 1.165) is 12.8 Å². The summed E-state index contributed by atoms with van der Waals surface area (Å²) < 4.78 is 4.74. The summed E-state index contributed by atoms with van der Waals surface area (Å²) in [5.74, 6) is 0.647. The van der Waals surface area contributed by atoms with Crippen molar-refractivity contribution in [3.05, 3.63) is 0 Å². The summed E-state index contributed by atoms with van der Waals surface area (Å²) in [5, 5.41) is 0. The third-order valence-electron chi connectivity index (χ3n) is 1.47. The van der Waals surface area contributed by atoms with E-state index in [-0.39, 0.29) is 6.10 Å². The number of nitrogens with two attached hydrogens (primary N) is 1. The molecular formula is C10H23NO2. The van der Waals surface area contributed by atoms with Crippen molar-refractivity contribution in [1.82, 2.24) is 0 Å². The van der Waals surface area contributed by atoms with Crippen LogP contribution in [0.1, 0.15) is 47.5 Å².